The third kappa shape index (κ3) is 4.89. The second kappa shape index (κ2) is 8.02. The molecule has 28 heavy (non-hydrogen) atoms. The van der Waals surface area contributed by atoms with E-state index >= 15 is 0 Å². The number of rotatable bonds is 5. The molecule has 1 heterocycles. The van der Waals surface area contributed by atoms with Crippen molar-refractivity contribution in [3.8, 4) is 17.2 Å². The Morgan fingerprint density at radius 1 is 1.18 bits per heavy atom. The molecular formula is C19H14ClF3N2O3. The molecule has 0 saturated heterocycles. The highest BCUT2D eigenvalue weighted by molar-refractivity contribution is 6.30. The number of esters is 1. The van der Waals surface area contributed by atoms with Gasteiger partial charge in [-0.1, -0.05) is 17.7 Å². The summed E-state index contributed by atoms with van der Waals surface area (Å²) in [6.45, 7) is 1.76. The Hall–Kier alpha value is -2.87. The average molecular weight is 411 g/mol. The maximum Gasteiger partial charge on any atom is 0.416 e. The molecule has 0 aliphatic rings. The van der Waals surface area contributed by atoms with Crippen LogP contribution in [0.25, 0.3) is 11.5 Å². The van der Waals surface area contributed by atoms with Crippen molar-refractivity contribution < 1.29 is 27.1 Å². The van der Waals surface area contributed by atoms with Gasteiger partial charge in [-0.3, -0.25) is 4.79 Å². The molecule has 3 aromatic rings. The van der Waals surface area contributed by atoms with Crippen molar-refractivity contribution in [2.45, 2.75) is 25.9 Å². The Bertz CT molecular complexity index is 1000. The lowest BCUT2D eigenvalue weighted by Crippen LogP contribution is -2.10. The van der Waals surface area contributed by atoms with Crippen molar-refractivity contribution in [3.63, 3.8) is 0 Å². The van der Waals surface area contributed by atoms with Crippen LogP contribution in [0.3, 0.4) is 0 Å². The zero-order valence-electron chi connectivity index (χ0n) is 14.6. The van der Waals surface area contributed by atoms with Gasteiger partial charge in [-0.05, 0) is 48.9 Å². The monoisotopic (exact) mass is 410 g/mol. The first-order valence-electron chi connectivity index (χ1n) is 8.19. The molecule has 1 aromatic heterocycles. The third-order valence-corrected chi connectivity index (χ3v) is 4.04. The highest BCUT2D eigenvalue weighted by Crippen LogP contribution is 2.31. The van der Waals surface area contributed by atoms with Crippen LogP contribution in [0.5, 0.6) is 5.75 Å². The first-order chi connectivity index (χ1) is 13.2. The second-order valence-electron chi connectivity index (χ2n) is 5.96. The Labute approximate surface area is 163 Å². The Morgan fingerprint density at radius 3 is 2.68 bits per heavy atom. The molecule has 0 fully saturated rings. The Morgan fingerprint density at radius 2 is 1.96 bits per heavy atom. The molecule has 0 spiro atoms. The van der Waals surface area contributed by atoms with Crippen molar-refractivity contribution in [1.29, 1.82) is 0 Å². The van der Waals surface area contributed by atoms with Crippen LogP contribution in [0, 0.1) is 6.92 Å². The van der Waals surface area contributed by atoms with Gasteiger partial charge in [0.25, 0.3) is 0 Å². The molecule has 0 atom stereocenters. The van der Waals surface area contributed by atoms with E-state index in [-0.39, 0.29) is 30.2 Å². The van der Waals surface area contributed by atoms with Gasteiger partial charge >= 0.3 is 12.1 Å². The molecular weight excluding hydrogens is 397 g/mol. The van der Waals surface area contributed by atoms with Crippen LogP contribution in [0.4, 0.5) is 13.2 Å². The van der Waals surface area contributed by atoms with Crippen LogP contribution in [-0.4, -0.2) is 16.2 Å². The minimum Gasteiger partial charge on any atom is -0.426 e. The highest BCUT2D eigenvalue weighted by Gasteiger charge is 2.30. The van der Waals surface area contributed by atoms with E-state index in [9.17, 15) is 18.0 Å². The largest absolute Gasteiger partial charge is 0.426 e. The number of aryl methyl sites for hydroxylation is 2. The maximum atomic E-state index is 12.8. The van der Waals surface area contributed by atoms with E-state index in [0.29, 0.717) is 16.3 Å². The minimum absolute atomic E-state index is 0.0354. The molecule has 0 radical (unpaired) electrons. The van der Waals surface area contributed by atoms with Gasteiger partial charge in [0.2, 0.25) is 11.8 Å². The van der Waals surface area contributed by atoms with Gasteiger partial charge in [0.15, 0.2) is 0 Å². The van der Waals surface area contributed by atoms with Crippen molar-refractivity contribution in [2.24, 2.45) is 0 Å². The molecule has 0 aliphatic carbocycles. The second-order valence-corrected chi connectivity index (χ2v) is 6.40. The van der Waals surface area contributed by atoms with Gasteiger partial charge < -0.3 is 9.15 Å². The van der Waals surface area contributed by atoms with Crippen LogP contribution in [-0.2, 0) is 17.4 Å². The van der Waals surface area contributed by atoms with E-state index in [0.717, 1.165) is 12.1 Å². The molecule has 0 unspecified atom stereocenters. The SMILES string of the molecule is Cc1cc(Cl)ccc1OC(=O)CCc1nnc(-c2cccc(C(F)(F)F)c2)o1. The standard InChI is InChI=1S/C19H14ClF3N2O3/c1-11-9-14(20)5-6-15(11)27-17(26)8-7-16-24-25-18(28-16)12-3-2-4-13(10-12)19(21,22)23/h2-6,9-10H,7-8H2,1H3. The zero-order valence-corrected chi connectivity index (χ0v) is 15.3. The van der Waals surface area contributed by atoms with Gasteiger partial charge in [0.1, 0.15) is 5.75 Å². The van der Waals surface area contributed by atoms with E-state index in [2.05, 4.69) is 10.2 Å². The number of carbonyl (C=O) groups is 1. The fourth-order valence-electron chi connectivity index (χ4n) is 2.41. The molecule has 0 N–H and O–H groups in total. The number of carbonyl (C=O) groups excluding carboxylic acids is 1. The van der Waals surface area contributed by atoms with E-state index < -0.39 is 17.7 Å². The number of ether oxygens (including phenoxy) is 1. The zero-order chi connectivity index (χ0) is 20.3. The van der Waals surface area contributed by atoms with Crippen LogP contribution < -0.4 is 4.74 Å². The first-order valence-corrected chi connectivity index (χ1v) is 8.57. The summed E-state index contributed by atoms with van der Waals surface area (Å²) in [4.78, 5) is 12.0. The number of hydrogen-bond acceptors (Lipinski definition) is 5. The van der Waals surface area contributed by atoms with Crippen molar-refractivity contribution in [3.05, 3.63) is 64.5 Å². The summed E-state index contributed by atoms with van der Waals surface area (Å²) < 4.78 is 49.0. The van der Waals surface area contributed by atoms with Crippen LogP contribution in [0.1, 0.15) is 23.4 Å². The van der Waals surface area contributed by atoms with Gasteiger partial charge in [-0.25, -0.2) is 0 Å². The predicted molar refractivity (Wildman–Crippen MR) is 94.9 cm³/mol. The average Bonchev–Trinajstić information content (AvgIpc) is 3.11. The summed E-state index contributed by atoms with van der Waals surface area (Å²) >= 11 is 5.85. The molecule has 3 rings (SSSR count). The molecule has 0 aliphatic heterocycles. The van der Waals surface area contributed by atoms with Crippen LogP contribution in [0.15, 0.2) is 46.9 Å². The number of aromatic nitrogens is 2. The van der Waals surface area contributed by atoms with E-state index in [1.54, 1.807) is 25.1 Å². The number of nitrogens with zero attached hydrogens (tertiary/aromatic N) is 2. The normalized spacial score (nSPS) is 11.5. The van der Waals surface area contributed by atoms with Crippen LogP contribution >= 0.6 is 11.6 Å². The summed E-state index contributed by atoms with van der Waals surface area (Å²) in [7, 11) is 0. The molecule has 2 aromatic carbocycles. The Balaban J connectivity index is 1.63. The van der Waals surface area contributed by atoms with E-state index in [4.69, 9.17) is 20.8 Å². The Kier molecular flexibility index (Phi) is 5.69. The van der Waals surface area contributed by atoms with Gasteiger partial charge in [0.05, 0.1) is 12.0 Å². The smallest absolute Gasteiger partial charge is 0.416 e. The topological polar surface area (TPSA) is 65.2 Å². The number of alkyl halides is 3. The summed E-state index contributed by atoms with van der Waals surface area (Å²) in [5.41, 5.74) is 0.0464. The molecule has 0 saturated carbocycles. The van der Waals surface area contributed by atoms with E-state index in [1.165, 1.54) is 12.1 Å². The lowest BCUT2D eigenvalue weighted by molar-refractivity contribution is -0.137. The van der Waals surface area contributed by atoms with E-state index in [1.807, 2.05) is 0 Å². The van der Waals surface area contributed by atoms with Crippen molar-refractivity contribution >= 4 is 17.6 Å². The summed E-state index contributed by atoms with van der Waals surface area (Å²) in [6, 6.07) is 9.44. The van der Waals surface area contributed by atoms with Gasteiger partial charge in [-0.2, -0.15) is 13.2 Å². The summed E-state index contributed by atoms with van der Waals surface area (Å²) in [6.07, 6.45) is -4.41. The molecule has 146 valence electrons. The molecule has 9 heteroatoms. The minimum atomic E-state index is -4.47. The van der Waals surface area contributed by atoms with Gasteiger partial charge in [0, 0.05) is 17.0 Å². The maximum absolute atomic E-state index is 12.8. The van der Waals surface area contributed by atoms with Crippen molar-refractivity contribution in [2.75, 3.05) is 0 Å². The fourth-order valence-corrected chi connectivity index (χ4v) is 2.64. The predicted octanol–water partition coefficient (Wildman–Crippen LogP) is 5.26. The first kappa shape index (κ1) is 19.9. The summed E-state index contributed by atoms with van der Waals surface area (Å²) in [5, 5.41) is 8.05. The molecule has 0 bridgehead atoms. The third-order valence-electron chi connectivity index (χ3n) is 3.81. The molecule has 0 amide bonds. The number of halogens is 4. The molecule has 5 nitrogen and oxygen atoms in total. The number of benzene rings is 2. The fraction of sp³-hybridized carbons (Fsp3) is 0.211. The lowest BCUT2D eigenvalue weighted by Gasteiger charge is -2.07. The summed E-state index contributed by atoms with van der Waals surface area (Å²) in [5.74, 6) is -0.0472. The lowest BCUT2D eigenvalue weighted by atomic mass is 10.1. The highest BCUT2D eigenvalue weighted by atomic mass is 35.5. The quantitative estimate of drug-likeness (QED) is 0.424. The van der Waals surface area contributed by atoms with Crippen molar-refractivity contribution in [1.82, 2.24) is 10.2 Å². The van der Waals surface area contributed by atoms with Crippen LogP contribution in [0.2, 0.25) is 5.02 Å². The number of hydrogen-bond donors (Lipinski definition) is 0. The van der Waals surface area contributed by atoms with Gasteiger partial charge in [-0.15, -0.1) is 10.2 Å².